The molecule has 1 aliphatic rings. The van der Waals surface area contributed by atoms with Crippen molar-refractivity contribution in [2.24, 2.45) is 5.92 Å². The molecule has 0 heterocycles. The summed E-state index contributed by atoms with van der Waals surface area (Å²) in [7, 11) is 0. The van der Waals surface area contributed by atoms with E-state index >= 15 is 0 Å². The molecule has 0 aromatic rings. The summed E-state index contributed by atoms with van der Waals surface area (Å²) in [5.41, 5.74) is 0. The standard InChI is InChI=1S/C10H15/c1-2-3-7-10-8-5-4-6-9-10/h10H,1,4-9H2. The molecule has 0 aliphatic heterocycles. The van der Waals surface area contributed by atoms with Crippen LogP contribution in [0.25, 0.3) is 0 Å². The summed E-state index contributed by atoms with van der Waals surface area (Å²) in [5, 5.41) is 0. The van der Waals surface area contributed by atoms with Gasteiger partial charge in [0.25, 0.3) is 0 Å². The van der Waals surface area contributed by atoms with Gasteiger partial charge in [-0.2, -0.15) is 0 Å². The van der Waals surface area contributed by atoms with Gasteiger partial charge >= 0.3 is 0 Å². The van der Waals surface area contributed by atoms with Gasteiger partial charge in [-0.15, -0.1) is 11.8 Å². The molecule has 1 fully saturated rings. The first-order valence-corrected chi connectivity index (χ1v) is 4.18. The van der Waals surface area contributed by atoms with E-state index in [2.05, 4.69) is 18.8 Å². The molecule has 0 bridgehead atoms. The predicted molar refractivity (Wildman–Crippen MR) is 44.3 cm³/mol. The van der Waals surface area contributed by atoms with Crippen molar-refractivity contribution in [3.63, 3.8) is 0 Å². The van der Waals surface area contributed by atoms with Crippen molar-refractivity contribution < 1.29 is 0 Å². The van der Waals surface area contributed by atoms with Gasteiger partial charge in [-0.05, 0) is 18.8 Å². The Morgan fingerprint density at radius 1 is 1.20 bits per heavy atom. The van der Waals surface area contributed by atoms with Crippen LogP contribution < -0.4 is 0 Å². The van der Waals surface area contributed by atoms with Crippen LogP contribution in [0.5, 0.6) is 0 Å². The van der Waals surface area contributed by atoms with Crippen LogP contribution >= 0.6 is 0 Å². The molecule has 0 nitrogen and oxygen atoms in total. The normalized spacial score (nSPS) is 19.7. The number of hydrogen-bond acceptors (Lipinski definition) is 0. The van der Waals surface area contributed by atoms with Crippen LogP contribution in [0.1, 0.15) is 38.5 Å². The monoisotopic (exact) mass is 135 g/mol. The Morgan fingerprint density at radius 3 is 2.50 bits per heavy atom. The lowest BCUT2D eigenvalue weighted by molar-refractivity contribution is 0.365. The zero-order chi connectivity index (χ0) is 7.23. The molecule has 1 aliphatic carbocycles. The molecule has 0 atom stereocenters. The first kappa shape index (κ1) is 7.66. The fourth-order valence-corrected chi connectivity index (χ4v) is 1.61. The molecule has 1 radical (unpaired) electrons. The summed E-state index contributed by atoms with van der Waals surface area (Å²) >= 11 is 0. The Morgan fingerprint density at radius 2 is 1.90 bits per heavy atom. The lowest BCUT2D eigenvalue weighted by atomic mass is 9.87. The summed E-state index contributed by atoms with van der Waals surface area (Å²) in [5.74, 6) is 6.66. The van der Waals surface area contributed by atoms with Crippen LogP contribution in [0, 0.1) is 24.7 Å². The lowest BCUT2D eigenvalue weighted by Crippen LogP contribution is -2.04. The van der Waals surface area contributed by atoms with E-state index in [-0.39, 0.29) is 0 Å². The summed E-state index contributed by atoms with van der Waals surface area (Å²) in [4.78, 5) is 0. The lowest BCUT2D eigenvalue weighted by Gasteiger charge is -2.18. The highest BCUT2D eigenvalue weighted by atomic mass is 14.2. The fraction of sp³-hybridized carbons (Fsp3) is 0.700. The smallest absolute Gasteiger partial charge is 0.0198 e. The second kappa shape index (κ2) is 4.39. The molecule has 1 saturated carbocycles. The number of rotatable bonds is 1. The van der Waals surface area contributed by atoms with Gasteiger partial charge < -0.3 is 0 Å². The Hall–Kier alpha value is -0.440. The van der Waals surface area contributed by atoms with Crippen LogP contribution in [-0.2, 0) is 0 Å². The van der Waals surface area contributed by atoms with Crippen LogP contribution in [0.3, 0.4) is 0 Å². The summed E-state index contributed by atoms with van der Waals surface area (Å²) in [6, 6.07) is 0. The maximum absolute atomic E-state index is 3.51. The van der Waals surface area contributed by atoms with Crippen molar-refractivity contribution in [2.45, 2.75) is 38.5 Å². The third-order valence-corrected chi connectivity index (χ3v) is 2.24. The van der Waals surface area contributed by atoms with E-state index in [0.29, 0.717) is 0 Å². The SMILES string of the molecule is [CH2]C#CCC1CCCCC1. The van der Waals surface area contributed by atoms with Gasteiger partial charge in [0.05, 0.1) is 0 Å². The van der Waals surface area contributed by atoms with Crippen molar-refractivity contribution in [2.75, 3.05) is 0 Å². The average Bonchev–Trinajstić information content (AvgIpc) is 2.03. The van der Waals surface area contributed by atoms with E-state index in [4.69, 9.17) is 0 Å². The van der Waals surface area contributed by atoms with Gasteiger partial charge in [-0.3, -0.25) is 0 Å². The Bertz CT molecular complexity index is 130. The van der Waals surface area contributed by atoms with Gasteiger partial charge in [0.2, 0.25) is 0 Å². The van der Waals surface area contributed by atoms with Gasteiger partial charge in [0, 0.05) is 13.3 Å². The first-order valence-electron chi connectivity index (χ1n) is 4.18. The molecule has 0 saturated heterocycles. The molecule has 0 aromatic carbocycles. The molecule has 0 unspecified atom stereocenters. The van der Waals surface area contributed by atoms with E-state index in [1.54, 1.807) is 0 Å². The van der Waals surface area contributed by atoms with Gasteiger partial charge in [0.15, 0.2) is 0 Å². The second-order valence-electron chi connectivity index (χ2n) is 3.06. The Labute approximate surface area is 64.0 Å². The van der Waals surface area contributed by atoms with E-state index in [1.807, 2.05) is 0 Å². The molecule has 55 valence electrons. The van der Waals surface area contributed by atoms with Crippen molar-refractivity contribution in [1.82, 2.24) is 0 Å². The quantitative estimate of drug-likeness (QED) is 0.485. The van der Waals surface area contributed by atoms with E-state index < -0.39 is 0 Å². The van der Waals surface area contributed by atoms with Gasteiger partial charge in [-0.1, -0.05) is 19.3 Å². The Balaban J connectivity index is 2.17. The van der Waals surface area contributed by atoms with Crippen molar-refractivity contribution in [1.29, 1.82) is 0 Å². The second-order valence-corrected chi connectivity index (χ2v) is 3.06. The molecule has 0 heteroatoms. The van der Waals surface area contributed by atoms with Crippen molar-refractivity contribution in [3.8, 4) is 11.8 Å². The van der Waals surface area contributed by atoms with Gasteiger partial charge in [0.1, 0.15) is 0 Å². The van der Waals surface area contributed by atoms with Gasteiger partial charge in [-0.25, -0.2) is 0 Å². The van der Waals surface area contributed by atoms with E-state index in [0.717, 1.165) is 12.3 Å². The summed E-state index contributed by atoms with van der Waals surface area (Å²) < 4.78 is 0. The Kier molecular flexibility index (Phi) is 3.36. The van der Waals surface area contributed by atoms with Crippen LogP contribution in [0.15, 0.2) is 0 Å². The minimum atomic E-state index is 0.892. The molecule has 0 N–H and O–H groups in total. The highest BCUT2D eigenvalue weighted by molar-refractivity contribution is 5.02. The molecule has 0 spiro atoms. The predicted octanol–water partition coefficient (Wildman–Crippen LogP) is 2.79. The minimum Gasteiger partial charge on any atom is -0.103 e. The van der Waals surface area contributed by atoms with Crippen molar-refractivity contribution in [3.05, 3.63) is 6.92 Å². The van der Waals surface area contributed by atoms with E-state index in [1.165, 1.54) is 32.1 Å². The number of hydrogen-bond donors (Lipinski definition) is 0. The largest absolute Gasteiger partial charge is 0.103 e. The van der Waals surface area contributed by atoms with Crippen LogP contribution in [0.4, 0.5) is 0 Å². The maximum Gasteiger partial charge on any atom is 0.0198 e. The third kappa shape index (κ3) is 2.43. The summed E-state index contributed by atoms with van der Waals surface area (Å²) in [6.07, 6.45) is 8.16. The highest BCUT2D eigenvalue weighted by Gasteiger charge is 2.10. The molecule has 1 rings (SSSR count). The van der Waals surface area contributed by atoms with E-state index in [9.17, 15) is 0 Å². The third-order valence-electron chi connectivity index (χ3n) is 2.24. The topological polar surface area (TPSA) is 0 Å². The zero-order valence-electron chi connectivity index (χ0n) is 6.53. The highest BCUT2D eigenvalue weighted by Crippen LogP contribution is 2.25. The molecule has 10 heavy (non-hydrogen) atoms. The van der Waals surface area contributed by atoms with Crippen LogP contribution in [0.2, 0.25) is 0 Å². The molecular formula is C10H15. The van der Waals surface area contributed by atoms with Crippen LogP contribution in [-0.4, -0.2) is 0 Å². The molecule has 0 aromatic heterocycles. The first-order chi connectivity index (χ1) is 4.93. The fourth-order valence-electron chi connectivity index (χ4n) is 1.61. The maximum atomic E-state index is 3.51. The summed E-state index contributed by atoms with van der Waals surface area (Å²) in [6.45, 7) is 3.51. The molecular weight excluding hydrogens is 120 g/mol. The minimum absolute atomic E-state index is 0.892. The van der Waals surface area contributed by atoms with Crippen molar-refractivity contribution >= 4 is 0 Å². The average molecular weight is 135 g/mol. The molecule has 0 amide bonds. The zero-order valence-corrected chi connectivity index (χ0v) is 6.53.